The quantitative estimate of drug-likeness (QED) is 0.609. The zero-order valence-electron chi connectivity index (χ0n) is 16.4. The molecule has 0 aliphatic heterocycles. The van der Waals surface area contributed by atoms with Crippen molar-refractivity contribution >= 4 is 34.4 Å². The highest BCUT2D eigenvalue weighted by atomic mass is 16.4. The van der Waals surface area contributed by atoms with Gasteiger partial charge in [0.25, 0.3) is 0 Å². The van der Waals surface area contributed by atoms with Gasteiger partial charge >= 0.3 is 6.09 Å². The minimum atomic E-state index is -1.07. The third-order valence-corrected chi connectivity index (χ3v) is 4.88. The lowest BCUT2D eigenvalue weighted by Gasteiger charge is -2.28. The van der Waals surface area contributed by atoms with Gasteiger partial charge in [-0.3, -0.25) is 4.79 Å². The maximum atomic E-state index is 12.7. The van der Waals surface area contributed by atoms with Gasteiger partial charge in [0.1, 0.15) is 23.4 Å². The first kappa shape index (κ1) is 20.3. The molecule has 2 aromatic rings. The summed E-state index contributed by atoms with van der Waals surface area (Å²) in [5.74, 6) is 0.517. The summed E-state index contributed by atoms with van der Waals surface area (Å²) < 4.78 is 0. The van der Waals surface area contributed by atoms with E-state index in [-0.39, 0.29) is 23.9 Å². The number of nitrogens with one attached hydrogen (secondary N) is 3. The standard InChI is InChI=1S/C20H24N6O3/c1-11(2)23-18-16-8-17(22-10-13(16)7-15(9-21)24-18)26-19(27)12-4-3-5-14(6-12)25-20(28)29/h7-8,10-12,14,25H,3-6H2,1-2H3,(H,23,24)(H,28,29)(H,22,26,27)/t12-,14-/m0/s1. The monoisotopic (exact) mass is 396 g/mol. The first-order chi connectivity index (χ1) is 13.9. The minimum absolute atomic E-state index is 0.117. The molecule has 0 aromatic carbocycles. The van der Waals surface area contributed by atoms with E-state index in [1.807, 2.05) is 19.9 Å². The Kier molecular flexibility index (Phi) is 6.12. The lowest BCUT2D eigenvalue weighted by molar-refractivity contribution is -0.121. The van der Waals surface area contributed by atoms with E-state index in [0.29, 0.717) is 30.2 Å². The fourth-order valence-corrected chi connectivity index (χ4v) is 3.62. The van der Waals surface area contributed by atoms with Crippen LogP contribution in [0.1, 0.15) is 45.2 Å². The van der Waals surface area contributed by atoms with Gasteiger partial charge in [0.2, 0.25) is 5.91 Å². The van der Waals surface area contributed by atoms with Crippen molar-refractivity contribution in [2.75, 3.05) is 10.6 Å². The van der Waals surface area contributed by atoms with Crippen LogP contribution in [0, 0.1) is 17.2 Å². The molecule has 1 fully saturated rings. The number of nitriles is 1. The molecule has 2 atom stereocenters. The third-order valence-electron chi connectivity index (χ3n) is 4.88. The number of hydrogen-bond acceptors (Lipinski definition) is 6. The molecule has 9 heteroatoms. The maximum Gasteiger partial charge on any atom is 0.404 e. The van der Waals surface area contributed by atoms with Gasteiger partial charge in [0, 0.05) is 35.0 Å². The van der Waals surface area contributed by atoms with Gasteiger partial charge in [-0.15, -0.1) is 0 Å². The van der Waals surface area contributed by atoms with Crippen molar-refractivity contribution in [3.05, 3.63) is 24.0 Å². The summed E-state index contributed by atoms with van der Waals surface area (Å²) in [5, 5.41) is 28.1. The Labute approximate surface area is 168 Å². The van der Waals surface area contributed by atoms with E-state index in [9.17, 15) is 14.9 Å². The topological polar surface area (TPSA) is 140 Å². The van der Waals surface area contributed by atoms with Crippen LogP contribution in [0.15, 0.2) is 18.3 Å². The number of anilines is 2. The van der Waals surface area contributed by atoms with Crippen LogP contribution in [0.25, 0.3) is 10.8 Å². The number of amides is 2. The van der Waals surface area contributed by atoms with Crippen LogP contribution in [-0.4, -0.2) is 39.2 Å². The van der Waals surface area contributed by atoms with E-state index < -0.39 is 6.09 Å². The lowest BCUT2D eigenvalue weighted by Crippen LogP contribution is -2.40. The van der Waals surface area contributed by atoms with Crippen molar-refractivity contribution in [1.29, 1.82) is 5.26 Å². The average Bonchev–Trinajstić information content (AvgIpc) is 2.67. The number of aromatic nitrogens is 2. The summed E-state index contributed by atoms with van der Waals surface area (Å²) in [6, 6.07) is 5.34. The maximum absolute atomic E-state index is 12.7. The van der Waals surface area contributed by atoms with Crippen LogP contribution < -0.4 is 16.0 Å². The summed E-state index contributed by atoms with van der Waals surface area (Å²) in [5.41, 5.74) is 0.290. The second kappa shape index (κ2) is 8.73. The summed E-state index contributed by atoms with van der Waals surface area (Å²) >= 11 is 0. The zero-order valence-corrected chi connectivity index (χ0v) is 16.4. The second-order valence-corrected chi connectivity index (χ2v) is 7.56. The van der Waals surface area contributed by atoms with Gasteiger partial charge in [0.05, 0.1) is 0 Å². The molecule has 9 nitrogen and oxygen atoms in total. The Bertz CT molecular complexity index is 969. The van der Waals surface area contributed by atoms with Crippen LogP contribution >= 0.6 is 0 Å². The van der Waals surface area contributed by atoms with Crippen LogP contribution in [-0.2, 0) is 4.79 Å². The van der Waals surface area contributed by atoms with Crippen molar-refractivity contribution in [2.45, 2.75) is 51.6 Å². The summed E-state index contributed by atoms with van der Waals surface area (Å²) in [6.45, 7) is 3.95. The molecule has 0 bridgehead atoms. The largest absolute Gasteiger partial charge is 0.465 e. The molecule has 2 amide bonds. The number of hydrogen-bond donors (Lipinski definition) is 4. The summed E-state index contributed by atoms with van der Waals surface area (Å²) in [6.07, 6.45) is 3.25. The van der Waals surface area contributed by atoms with E-state index in [4.69, 9.17) is 5.11 Å². The predicted octanol–water partition coefficient (Wildman–Crippen LogP) is 3.09. The van der Waals surface area contributed by atoms with Crippen LogP contribution in [0.4, 0.5) is 16.4 Å². The van der Waals surface area contributed by atoms with E-state index >= 15 is 0 Å². The van der Waals surface area contributed by atoms with Crippen molar-refractivity contribution in [3.63, 3.8) is 0 Å². The number of nitrogens with zero attached hydrogens (tertiary/aromatic N) is 3. The van der Waals surface area contributed by atoms with Crippen molar-refractivity contribution in [3.8, 4) is 6.07 Å². The Balaban J connectivity index is 1.80. The van der Waals surface area contributed by atoms with Gasteiger partial charge < -0.3 is 21.1 Å². The van der Waals surface area contributed by atoms with Gasteiger partial charge in [-0.2, -0.15) is 5.26 Å². The number of carbonyl (C=O) groups excluding carboxylic acids is 1. The van der Waals surface area contributed by atoms with Crippen LogP contribution in [0.5, 0.6) is 0 Å². The predicted molar refractivity (Wildman–Crippen MR) is 109 cm³/mol. The third kappa shape index (κ3) is 5.10. The van der Waals surface area contributed by atoms with Crippen molar-refractivity contribution < 1.29 is 14.7 Å². The SMILES string of the molecule is CC(C)Nc1nc(C#N)cc2cnc(NC(=O)[C@H]3CCC[C@H](NC(=O)O)C3)cc12. The normalized spacial score (nSPS) is 18.8. The van der Waals surface area contributed by atoms with Gasteiger partial charge in [-0.1, -0.05) is 6.42 Å². The molecule has 2 heterocycles. The Hall–Kier alpha value is -3.41. The zero-order chi connectivity index (χ0) is 21.0. The van der Waals surface area contributed by atoms with Crippen LogP contribution in [0.2, 0.25) is 0 Å². The Morgan fingerprint density at radius 2 is 2.10 bits per heavy atom. The molecule has 29 heavy (non-hydrogen) atoms. The van der Waals surface area contributed by atoms with Crippen molar-refractivity contribution in [2.24, 2.45) is 5.92 Å². The molecule has 0 spiro atoms. The second-order valence-electron chi connectivity index (χ2n) is 7.56. The lowest BCUT2D eigenvalue weighted by atomic mass is 9.85. The highest BCUT2D eigenvalue weighted by Crippen LogP contribution is 2.28. The summed E-state index contributed by atoms with van der Waals surface area (Å²) in [7, 11) is 0. The molecule has 3 rings (SSSR count). The fraction of sp³-hybridized carbons (Fsp3) is 0.450. The highest BCUT2D eigenvalue weighted by Gasteiger charge is 2.28. The molecule has 152 valence electrons. The molecule has 1 aliphatic rings. The van der Waals surface area contributed by atoms with Gasteiger partial charge in [0.15, 0.2) is 0 Å². The number of fused-ring (bicyclic) bond motifs is 1. The molecule has 0 radical (unpaired) electrons. The number of carbonyl (C=O) groups is 2. The van der Waals surface area contributed by atoms with E-state index in [0.717, 1.165) is 23.6 Å². The number of pyridine rings is 2. The van der Waals surface area contributed by atoms with Crippen molar-refractivity contribution in [1.82, 2.24) is 15.3 Å². The summed E-state index contributed by atoms with van der Waals surface area (Å²) in [4.78, 5) is 32.2. The fourth-order valence-electron chi connectivity index (χ4n) is 3.62. The molecule has 1 saturated carbocycles. The van der Waals surface area contributed by atoms with Gasteiger partial charge in [-0.05, 0) is 45.2 Å². The molecule has 0 unspecified atom stereocenters. The van der Waals surface area contributed by atoms with E-state index in [1.165, 1.54) is 0 Å². The molecular formula is C20H24N6O3. The number of carboxylic acid groups (broad SMARTS) is 1. The Morgan fingerprint density at radius 3 is 2.79 bits per heavy atom. The van der Waals surface area contributed by atoms with Crippen LogP contribution in [0.3, 0.4) is 0 Å². The minimum Gasteiger partial charge on any atom is -0.465 e. The van der Waals surface area contributed by atoms with E-state index in [2.05, 4.69) is 25.9 Å². The highest BCUT2D eigenvalue weighted by molar-refractivity contribution is 5.97. The van der Waals surface area contributed by atoms with E-state index in [1.54, 1.807) is 18.3 Å². The average molecular weight is 396 g/mol. The smallest absolute Gasteiger partial charge is 0.404 e. The molecular weight excluding hydrogens is 372 g/mol. The first-order valence-corrected chi connectivity index (χ1v) is 9.63. The Morgan fingerprint density at radius 1 is 1.31 bits per heavy atom. The number of rotatable bonds is 5. The molecule has 4 N–H and O–H groups in total. The first-order valence-electron chi connectivity index (χ1n) is 9.63. The molecule has 0 saturated heterocycles. The molecule has 1 aliphatic carbocycles. The molecule has 2 aromatic heterocycles. The van der Waals surface area contributed by atoms with Gasteiger partial charge in [-0.25, -0.2) is 14.8 Å².